The molecule has 22 heavy (non-hydrogen) atoms. The van der Waals surface area contributed by atoms with E-state index < -0.39 is 0 Å². The Labute approximate surface area is 145 Å². The van der Waals surface area contributed by atoms with Crippen LogP contribution in [0.25, 0.3) is 11.4 Å². The zero-order chi connectivity index (χ0) is 15.5. The van der Waals surface area contributed by atoms with Crippen LogP contribution in [0.3, 0.4) is 0 Å². The molecule has 7 heteroatoms. The third kappa shape index (κ3) is 3.55. The quantitative estimate of drug-likeness (QED) is 0.607. The molecule has 0 saturated heterocycles. The van der Waals surface area contributed by atoms with Crippen molar-refractivity contribution in [1.82, 2.24) is 15.0 Å². The Bertz CT molecular complexity index is 812. The van der Waals surface area contributed by atoms with Crippen LogP contribution >= 0.6 is 39.1 Å². The van der Waals surface area contributed by atoms with Gasteiger partial charge in [0.05, 0.1) is 5.02 Å². The van der Waals surface area contributed by atoms with E-state index in [0.717, 1.165) is 15.7 Å². The number of nitrogens with one attached hydrogen (secondary N) is 1. The average Bonchev–Trinajstić information content (AvgIpc) is 2.51. The van der Waals surface area contributed by atoms with E-state index in [1.165, 1.54) is 0 Å². The fraction of sp³-hybridized carbons (Fsp3) is 0. The number of halogens is 3. The van der Waals surface area contributed by atoms with Gasteiger partial charge in [0.2, 0.25) is 0 Å². The van der Waals surface area contributed by atoms with Crippen LogP contribution in [0.2, 0.25) is 10.2 Å². The van der Waals surface area contributed by atoms with Gasteiger partial charge in [-0.1, -0.05) is 23.2 Å². The minimum absolute atomic E-state index is 0.354. The third-order valence-electron chi connectivity index (χ3n) is 2.83. The highest BCUT2D eigenvalue weighted by Gasteiger charge is 2.07. The summed E-state index contributed by atoms with van der Waals surface area (Å²) in [6.45, 7) is 0. The molecular formula is C15H9BrCl2N4. The van der Waals surface area contributed by atoms with E-state index in [2.05, 4.69) is 36.2 Å². The Morgan fingerprint density at radius 1 is 0.955 bits per heavy atom. The van der Waals surface area contributed by atoms with Crippen LogP contribution in [0, 0.1) is 0 Å². The van der Waals surface area contributed by atoms with Crippen molar-refractivity contribution in [1.29, 1.82) is 0 Å². The van der Waals surface area contributed by atoms with Gasteiger partial charge in [0, 0.05) is 34.2 Å². The van der Waals surface area contributed by atoms with Gasteiger partial charge in [0.25, 0.3) is 0 Å². The second kappa shape index (κ2) is 6.60. The number of hydrogen-bond donors (Lipinski definition) is 1. The molecule has 0 amide bonds. The van der Waals surface area contributed by atoms with E-state index in [1.54, 1.807) is 24.5 Å². The number of benzene rings is 1. The second-order valence-corrected chi connectivity index (χ2v) is 6.04. The Morgan fingerprint density at radius 3 is 2.45 bits per heavy atom. The van der Waals surface area contributed by atoms with Gasteiger partial charge in [-0.3, -0.25) is 4.98 Å². The molecule has 0 aliphatic heterocycles. The highest BCUT2D eigenvalue weighted by Crippen LogP contribution is 2.28. The van der Waals surface area contributed by atoms with Crippen molar-refractivity contribution >= 4 is 50.6 Å². The Balaban J connectivity index is 1.94. The first kappa shape index (κ1) is 15.2. The van der Waals surface area contributed by atoms with Crippen LogP contribution in [-0.2, 0) is 0 Å². The highest BCUT2D eigenvalue weighted by molar-refractivity contribution is 9.10. The van der Waals surface area contributed by atoms with E-state index in [-0.39, 0.29) is 0 Å². The van der Waals surface area contributed by atoms with Crippen LogP contribution in [0.1, 0.15) is 0 Å². The predicted molar refractivity (Wildman–Crippen MR) is 92.7 cm³/mol. The van der Waals surface area contributed by atoms with Gasteiger partial charge in [0.1, 0.15) is 11.0 Å². The molecule has 0 bridgehead atoms. The molecule has 1 N–H and O–H groups in total. The minimum atomic E-state index is 0.354. The number of nitrogens with zero attached hydrogens (tertiary/aromatic N) is 3. The largest absolute Gasteiger partial charge is 0.340 e. The lowest BCUT2D eigenvalue weighted by Gasteiger charge is -2.09. The van der Waals surface area contributed by atoms with Crippen molar-refractivity contribution in [3.8, 4) is 11.4 Å². The first-order chi connectivity index (χ1) is 10.6. The van der Waals surface area contributed by atoms with E-state index >= 15 is 0 Å². The van der Waals surface area contributed by atoms with Crippen LogP contribution in [0.15, 0.2) is 53.3 Å². The molecule has 0 spiro atoms. The highest BCUT2D eigenvalue weighted by atomic mass is 79.9. The minimum Gasteiger partial charge on any atom is -0.340 e. The average molecular weight is 396 g/mol. The third-order valence-corrected chi connectivity index (χ3v) is 4.25. The number of anilines is 2. The van der Waals surface area contributed by atoms with Crippen LogP contribution in [-0.4, -0.2) is 15.0 Å². The maximum Gasteiger partial charge on any atom is 0.163 e. The van der Waals surface area contributed by atoms with Crippen molar-refractivity contribution in [2.24, 2.45) is 0 Å². The van der Waals surface area contributed by atoms with E-state index in [9.17, 15) is 0 Å². The Kier molecular flexibility index (Phi) is 4.57. The van der Waals surface area contributed by atoms with Gasteiger partial charge in [0.15, 0.2) is 5.82 Å². The molecule has 1 aromatic carbocycles. The van der Waals surface area contributed by atoms with E-state index in [4.69, 9.17) is 23.2 Å². The molecule has 0 radical (unpaired) electrons. The lowest BCUT2D eigenvalue weighted by molar-refractivity contribution is 1.17. The first-order valence-electron chi connectivity index (χ1n) is 6.29. The standard InChI is InChI=1S/C15H9BrCl2N4/c16-11-2-1-10(7-12(11)17)20-14-8-13(18)21-15(22-14)9-3-5-19-6-4-9/h1-8H,(H,20,21,22). The fourth-order valence-electron chi connectivity index (χ4n) is 1.83. The summed E-state index contributed by atoms with van der Waals surface area (Å²) in [7, 11) is 0. The van der Waals surface area contributed by atoms with Gasteiger partial charge in [-0.15, -0.1) is 0 Å². The maximum atomic E-state index is 6.09. The predicted octanol–water partition coefficient (Wildman–Crippen LogP) is 5.35. The first-order valence-corrected chi connectivity index (χ1v) is 7.84. The zero-order valence-corrected chi connectivity index (χ0v) is 14.2. The summed E-state index contributed by atoms with van der Waals surface area (Å²) in [5, 5.41) is 4.13. The Morgan fingerprint density at radius 2 is 1.73 bits per heavy atom. The lowest BCUT2D eigenvalue weighted by atomic mass is 10.2. The summed E-state index contributed by atoms with van der Waals surface area (Å²) in [6.07, 6.45) is 3.36. The van der Waals surface area contributed by atoms with Crippen LogP contribution < -0.4 is 5.32 Å². The number of aromatic nitrogens is 3. The van der Waals surface area contributed by atoms with Crippen LogP contribution in [0.5, 0.6) is 0 Å². The normalized spacial score (nSPS) is 10.5. The summed E-state index contributed by atoms with van der Waals surface area (Å²) in [6, 6.07) is 10.9. The molecule has 0 aliphatic rings. The molecule has 2 heterocycles. The summed E-state index contributed by atoms with van der Waals surface area (Å²) >= 11 is 15.5. The van der Waals surface area contributed by atoms with Crippen molar-refractivity contribution in [2.45, 2.75) is 0 Å². The molecule has 3 aromatic rings. The van der Waals surface area contributed by atoms with Crippen molar-refractivity contribution in [2.75, 3.05) is 5.32 Å². The van der Waals surface area contributed by atoms with E-state index in [1.807, 2.05) is 24.3 Å². The molecule has 2 aromatic heterocycles. The smallest absolute Gasteiger partial charge is 0.163 e. The molecule has 3 rings (SSSR count). The fourth-order valence-corrected chi connectivity index (χ4v) is 2.44. The van der Waals surface area contributed by atoms with Crippen molar-refractivity contribution < 1.29 is 0 Å². The van der Waals surface area contributed by atoms with Gasteiger partial charge in [-0.2, -0.15) is 0 Å². The van der Waals surface area contributed by atoms with Gasteiger partial charge in [-0.25, -0.2) is 9.97 Å². The molecular weight excluding hydrogens is 387 g/mol. The SMILES string of the molecule is Clc1cc(Nc2ccc(Br)c(Cl)c2)nc(-c2ccncc2)n1. The van der Waals surface area contributed by atoms with Gasteiger partial charge < -0.3 is 5.32 Å². The summed E-state index contributed by atoms with van der Waals surface area (Å²) < 4.78 is 0.831. The van der Waals surface area contributed by atoms with Gasteiger partial charge >= 0.3 is 0 Å². The summed E-state index contributed by atoms with van der Waals surface area (Å²) in [4.78, 5) is 12.7. The molecule has 0 aliphatic carbocycles. The lowest BCUT2D eigenvalue weighted by Crippen LogP contribution is -1.98. The van der Waals surface area contributed by atoms with Crippen LogP contribution in [0.4, 0.5) is 11.5 Å². The van der Waals surface area contributed by atoms with E-state index in [0.29, 0.717) is 21.8 Å². The maximum absolute atomic E-state index is 6.09. The molecule has 0 atom stereocenters. The topological polar surface area (TPSA) is 50.7 Å². The van der Waals surface area contributed by atoms with Gasteiger partial charge in [-0.05, 0) is 46.3 Å². The number of rotatable bonds is 3. The molecule has 110 valence electrons. The molecule has 0 fully saturated rings. The summed E-state index contributed by atoms with van der Waals surface area (Å²) in [5.41, 5.74) is 1.65. The number of hydrogen-bond acceptors (Lipinski definition) is 4. The molecule has 0 unspecified atom stereocenters. The Hall–Kier alpha value is -1.69. The molecule has 4 nitrogen and oxygen atoms in total. The summed E-state index contributed by atoms with van der Waals surface area (Å²) in [5.74, 6) is 1.12. The second-order valence-electron chi connectivity index (χ2n) is 4.39. The molecule has 0 saturated carbocycles. The number of pyridine rings is 1. The monoisotopic (exact) mass is 394 g/mol. The zero-order valence-electron chi connectivity index (χ0n) is 11.1. The van der Waals surface area contributed by atoms with Crippen molar-refractivity contribution in [3.05, 3.63) is 63.4 Å². The van der Waals surface area contributed by atoms with Crippen molar-refractivity contribution in [3.63, 3.8) is 0 Å².